The number of ether oxygens (including phenoxy) is 1. The first-order valence-corrected chi connectivity index (χ1v) is 4.89. The summed E-state index contributed by atoms with van der Waals surface area (Å²) >= 11 is 0. The predicted molar refractivity (Wildman–Crippen MR) is 47.8 cm³/mol. The lowest BCUT2D eigenvalue weighted by molar-refractivity contribution is -0.150. The number of cyclic esters (lactones) is 1. The monoisotopic (exact) mass is 181 g/mol. The summed E-state index contributed by atoms with van der Waals surface area (Å²) < 4.78 is 5.20. The third-order valence-corrected chi connectivity index (χ3v) is 2.28. The fourth-order valence-corrected chi connectivity index (χ4v) is 1.55. The van der Waals surface area contributed by atoms with Crippen LogP contribution in [0.4, 0.5) is 0 Å². The Hall–Kier alpha value is -1.04. The van der Waals surface area contributed by atoms with Gasteiger partial charge in [0.2, 0.25) is 0 Å². The molecule has 1 unspecified atom stereocenters. The number of rotatable bonds is 2. The molecular formula is C10H15NO2. The van der Waals surface area contributed by atoms with Crippen LogP contribution in [0.5, 0.6) is 0 Å². The van der Waals surface area contributed by atoms with Gasteiger partial charge >= 0.3 is 5.97 Å². The molecule has 0 saturated carbocycles. The Labute approximate surface area is 78.7 Å². The van der Waals surface area contributed by atoms with E-state index in [0.717, 1.165) is 25.7 Å². The van der Waals surface area contributed by atoms with Gasteiger partial charge < -0.3 is 4.74 Å². The van der Waals surface area contributed by atoms with Gasteiger partial charge in [0.25, 0.3) is 0 Å². The van der Waals surface area contributed by atoms with Gasteiger partial charge in [0, 0.05) is 12.8 Å². The second kappa shape index (κ2) is 5.58. The van der Waals surface area contributed by atoms with Crippen LogP contribution in [0.1, 0.15) is 44.9 Å². The minimum atomic E-state index is -0.0948. The number of hydrogen-bond acceptors (Lipinski definition) is 3. The maximum atomic E-state index is 11.1. The molecule has 1 rings (SSSR count). The summed E-state index contributed by atoms with van der Waals surface area (Å²) in [7, 11) is 0. The standard InChI is InChI=1S/C10H15NO2/c11-8-4-6-9-5-2-1-3-7-10(12)13-9/h9H,1-7H2. The number of carbonyl (C=O) groups is 1. The van der Waals surface area contributed by atoms with Crippen molar-refractivity contribution >= 4 is 5.97 Å². The third-order valence-electron chi connectivity index (χ3n) is 2.28. The van der Waals surface area contributed by atoms with E-state index < -0.39 is 0 Å². The molecule has 0 aromatic rings. The summed E-state index contributed by atoms with van der Waals surface area (Å²) in [6.07, 6.45) is 5.81. The molecule has 0 radical (unpaired) electrons. The van der Waals surface area contributed by atoms with Gasteiger partial charge in [-0.3, -0.25) is 4.79 Å². The van der Waals surface area contributed by atoms with Crippen molar-refractivity contribution in [3.8, 4) is 6.07 Å². The van der Waals surface area contributed by atoms with Gasteiger partial charge in [-0.1, -0.05) is 6.42 Å². The Morgan fingerprint density at radius 1 is 1.46 bits per heavy atom. The predicted octanol–water partition coefficient (Wildman–Crippen LogP) is 2.17. The Balaban J connectivity index is 2.33. The van der Waals surface area contributed by atoms with Crippen molar-refractivity contribution < 1.29 is 9.53 Å². The Bertz CT molecular complexity index is 207. The van der Waals surface area contributed by atoms with Crippen LogP contribution in [-0.2, 0) is 9.53 Å². The zero-order chi connectivity index (χ0) is 9.52. The highest BCUT2D eigenvalue weighted by Crippen LogP contribution is 2.17. The number of nitrogens with zero attached hydrogens (tertiary/aromatic N) is 1. The molecule has 0 amide bonds. The number of nitriles is 1. The van der Waals surface area contributed by atoms with Gasteiger partial charge in [0.1, 0.15) is 6.10 Å². The van der Waals surface area contributed by atoms with Crippen molar-refractivity contribution in [2.45, 2.75) is 51.0 Å². The molecule has 3 nitrogen and oxygen atoms in total. The molecule has 0 aromatic heterocycles. The van der Waals surface area contributed by atoms with Gasteiger partial charge in [0.05, 0.1) is 6.07 Å². The topological polar surface area (TPSA) is 50.1 Å². The average Bonchev–Trinajstić information content (AvgIpc) is 2.09. The van der Waals surface area contributed by atoms with E-state index in [-0.39, 0.29) is 12.1 Å². The van der Waals surface area contributed by atoms with Gasteiger partial charge in [-0.2, -0.15) is 5.26 Å². The van der Waals surface area contributed by atoms with Gasteiger partial charge in [-0.15, -0.1) is 0 Å². The molecule has 1 heterocycles. The van der Waals surface area contributed by atoms with Crippen LogP contribution in [0, 0.1) is 11.3 Å². The molecule has 13 heavy (non-hydrogen) atoms. The largest absolute Gasteiger partial charge is 0.462 e. The zero-order valence-corrected chi connectivity index (χ0v) is 7.79. The van der Waals surface area contributed by atoms with E-state index in [2.05, 4.69) is 6.07 Å². The van der Waals surface area contributed by atoms with Crippen LogP contribution < -0.4 is 0 Å². The first-order chi connectivity index (χ1) is 6.33. The highest BCUT2D eigenvalue weighted by Gasteiger charge is 2.16. The second-order valence-corrected chi connectivity index (χ2v) is 3.41. The van der Waals surface area contributed by atoms with Crippen LogP contribution >= 0.6 is 0 Å². The molecule has 0 spiro atoms. The summed E-state index contributed by atoms with van der Waals surface area (Å²) in [6.45, 7) is 0. The molecule has 1 aliphatic heterocycles. The second-order valence-electron chi connectivity index (χ2n) is 3.41. The molecule has 72 valence electrons. The molecule has 0 N–H and O–H groups in total. The number of esters is 1. The molecule has 1 saturated heterocycles. The van der Waals surface area contributed by atoms with Gasteiger partial charge in [-0.05, 0) is 25.7 Å². The van der Waals surface area contributed by atoms with Gasteiger partial charge in [-0.25, -0.2) is 0 Å². The summed E-state index contributed by atoms with van der Waals surface area (Å²) in [5.41, 5.74) is 0. The summed E-state index contributed by atoms with van der Waals surface area (Å²) in [5.74, 6) is -0.0948. The van der Waals surface area contributed by atoms with Gasteiger partial charge in [0.15, 0.2) is 0 Å². The number of carbonyl (C=O) groups excluding carboxylic acids is 1. The van der Waals surface area contributed by atoms with Crippen LogP contribution in [-0.4, -0.2) is 12.1 Å². The molecule has 1 atom stereocenters. The highest BCUT2D eigenvalue weighted by molar-refractivity contribution is 5.69. The highest BCUT2D eigenvalue weighted by atomic mass is 16.5. The normalized spacial score (nSPS) is 23.9. The molecule has 0 bridgehead atoms. The van der Waals surface area contributed by atoms with E-state index in [1.165, 1.54) is 0 Å². The van der Waals surface area contributed by atoms with E-state index in [0.29, 0.717) is 19.3 Å². The third kappa shape index (κ3) is 3.93. The lowest BCUT2D eigenvalue weighted by Crippen LogP contribution is -2.19. The summed E-state index contributed by atoms with van der Waals surface area (Å²) in [6, 6.07) is 2.07. The smallest absolute Gasteiger partial charge is 0.306 e. The molecule has 0 aromatic carbocycles. The molecular weight excluding hydrogens is 166 g/mol. The molecule has 3 heteroatoms. The Morgan fingerprint density at radius 2 is 2.31 bits per heavy atom. The van der Waals surface area contributed by atoms with Crippen molar-refractivity contribution in [1.82, 2.24) is 0 Å². The maximum Gasteiger partial charge on any atom is 0.306 e. The van der Waals surface area contributed by atoms with Crippen molar-refractivity contribution in [2.24, 2.45) is 0 Å². The Morgan fingerprint density at radius 3 is 3.08 bits per heavy atom. The van der Waals surface area contributed by atoms with Crippen molar-refractivity contribution in [3.63, 3.8) is 0 Å². The van der Waals surface area contributed by atoms with Crippen LogP contribution in [0.25, 0.3) is 0 Å². The maximum absolute atomic E-state index is 11.1. The van der Waals surface area contributed by atoms with Crippen molar-refractivity contribution in [1.29, 1.82) is 5.26 Å². The minimum absolute atomic E-state index is 0.00699. The first-order valence-electron chi connectivity index (χ1n) is 4.89. The summed E-state index contributed by atoms with van der Waals surface area (Å²) in [5, 5.41) is 8.40. The number of hydrogen-bond donors (Lipinski definition) is 0. The first kappa shape index (κ1) is 10.0. The summed E-state index contributed by atoms with van der Waals surface area (Å²) in [4.78, 5) is 11.1. The van der Waals surface area contributed by atoms with Crippen molar-refractivity contribution in [2.75, 3.05) is 0 Å². The Kier molecular flexibility index (Phi) is 4.31. The van der Waals surface area contributed by atoms with Crippen molar-refractivity contribution in [3.05, 3.63) is 0 Å². The SMILES string of the molecule is N#CCCC1CCCCCC(=O)O1. The minimum Gasteiger partial charge on any atom is -0.462 e. The molecule has 1 fully saturated rings. The van der Waals surface area contributed by atoms with E-state index in [9.17, 15) is 4.79 Å². The van der Waals surface area contributed by atoms with E-state index >= 15 is 0 Å². The average molecular weight is 181 g/mol. The lowest BCUT2D eigenvalue weighted by Gasteiger charge is -2.19. The van der Waals surface area contributed by atoms with E-state index in [4.69, 9.17) is 10.00 Å². The zero-order valence-electron chi connectivity index (χ0n) is 7.79. The molecule has 0 aliphatic carbocycles. The molecule has 1 aliphatic rings. The van der Waals surface area contributed by atoms with Crippen LogP contribution in [0.3, 0.4) is 0 Å². The fraction of sp³-hybridized carbons (Fsp3) is 0.800. The fourth-order valence-electron chi connectivity index (χ4n) is 1.55. The lowest BCUT2D eigenvalue weighted by atomic mass is 10.0. The van der Waals surface area contributed by atoms with Crippen LogP contribution in [0.15, 0.2) is 0 Å². The van der Waals surface area contributed by atoms with E-state index in [1.54, 1.807) is 0 Å². The van der Waals surface area contributed by atoms with Crippen LogP contribution in [0.2, 0.25) is 0 Å². The van der Waals surface area contributed by atoms with E-state index in [1.807, 2.05) is 0 Å². The quantitative estimate of drug-likeness (QED) is 0.613.